The first-order valence-electron chi connectivity index (χ1n) is 6.76. The summed E-state index contributed by atoms with van der Waals surface area (Å²) in [5.74, 6) is 0. The van der Waals surface area contributed by atoms with E-state index in [-0.39, 0.29) is 17.2 Å². The number of nitro benzene ring substituents is 1. The number of nitro groups is 1. The van der Waals surface area contributed by atoms with Gasteiger partial charge >= 0.3 is 0 Å². The average Bonchev–Trinajstić information content (AvgIpc) is 2.84. The maximum absolute atomic E-state index is 10.9. The highest BCUT2D eigenvalue weighted by Gasteiger charge is 2.26. The molecule has 1 unspecified atom stereocenters. The number of aliphatic hydroxyl groups is 1. The molecule has 1 aromatic rings. The van der Waals surface area contributed by atoms with Gasteiger partial charge in [-0.15, -0.1) is 0 Å². The second kappa shape index (κ2) is 6.02. The molecule has 0 aliphatic carbocycles. The molecule has 1 heterocycles. The van der Waals surface area contributed by atoms with Gasteiger partial charge in [0.15, 0.2) is 0 Å². The Morgan fingerprint density at radius 1 is 1.53 bits per heavy atom. The zero-order chi connectivity index (χ0) is 13.8. The van der Waals surface area contributed by atoms with Gasteiger partial charge in [0.05, 0.1) is 4.92 Å². The highest BCUT2D eigenvalue weighted by atomic mass is 16.6. The molecular weight excluding hydrogens is 244 g/mol. The largest absolute Gasteiger partial charge is 0.396 e. The van der Waals surface area contributed by atoms with Crippen LogP contribution in [0.2, 0.25) is 0 Å². The molecule has 19 heavy (non-hydrogen) atoms. The molecule has 0 aromatic heterocycles. The number of benzene rings is 1. The highest BCUT2D eigenvalue weighted by molar-refractivity contribution is 5.59. The second-order valence-corrected chi connectivity index (χ2v) is 5.08. The Labute approximate surface area is 113 Å². The molecule has 104 valence electrons. The zero-order valence-corrected chi connectivity index (χ0v) is 11.2. The summed E-state index contributed by atoms with van der Waals surface area (Å²) < 4.78 is 0. The van der Waals surface area contributed by atoms with E-state index < -0.39 is 0 Å². The number of anilines is 1. The van der Waals surface area contributed by atoms with Crippen LogP contribution in [0.25, 0.3) is 0 Å². The summed E-state index contributed by atoms with van der Waals surface area (Å²) in [6.07, 6.45) is 3.94. The molecule has 0 amide bonds. The van der Waals surface area contributed by atoms with Crippen LogP contribution >= 0.6 is 0 Å². The van der Waals surface area contributed by atoms with Crippen molar-refractivity contribution in [3.63, 3.8) is 0 Å². The molecule has 1 aliphatic rings. The molecule has 1 saturated heterocycles. The number of hydrogen-bond donors (Lipinski definition) is 1. The summed E-state index contributed by atoms with van der Waals surface area (Å²) >= 11 is 0. The van der Waals surface area contributed by atoms with Crippen LogP contribution < -0.4 is 4.90 Å². The minimum Gasteiger partial charge on any atom is -0.396 e. The first-order chi connectivity index (χ1) is 9.13. The second-order valence-electron chi connectivity index (χ2n) is 5.08. The SMILES string of the molecule is Cc1ccc([N+](=O)[O-])cc1N1CCCC1CCCO. The first-order valence-corrected chi connectivity index (χ1v) is 6.76. The Balaban J connectivity index is 2.24. The molecule has 1 N–H and O–H groups in total. The van der Waals surface area contributed by atoms with E-state index in [0.29, 0.717) is 6.04 Å². The molecule has 0 spiro atoms. The van der Waals surface area contributed by atoms with Crippen LogP contribution in [0.5, 0.6) is 0 Å². The van der Waals surface area contributed by atoms with Crippen LogP contribution in [0.3, 0.4) is 0 Å². The molecule has 1 atom stereocenters. The molecule has 0 radical (unpaired) electrons. The number of hydrogen-bond acceptors (Lipinski definition) is 4. The Morgan fingerprint density at radius 2 is 2.32 bits per heavy atom. The highest BCUT2D eigenvalue weighted by Crippen LogP contribution is 2.32. The smallest absolute Gasteiger partial charge is 0.271 e. The van der Waals surface area contributed by atoms with Crippen LogP contribution in [0.1, 0.15) is 31.2 Å². The number of rotatable bonds is 5. The van der Waals surface area contributed by atoms with Gasteiger partial charge in [0.25, 0.3) is 5.69 Å². The van der Waals surface area contributed by atoms with Crippen molar-refractivity contribution >= 4 is 11.4 Å². The van der Waals surface area contributed by atoms with E-state index in [1.54, 1.807) is 12.1 Å². The van der Waals surface area contributed by atoms with E-state index in [4.69, 9.17) is 5.11 Å². The number of nitrogens with zero attached hydrogens (tertiary/aromatic N) is 2. The minimum atomic E-state index is -0.345. The van der Waals surface area contributed by atoms with Gasteiger partial charge in [-0.05, 0) is 38.2 Å². The van der Waals surface area contributed by atoms with Crippen LogP contribution in [-0.4, -0.2) is 29.2 Å². The van der Waals surface area contributed by atoms with E-state index in [1.165, 1.54) is 0 Å². The van der Waals surface area contributed by atoms with Crippen molar-refractivity contribution in [2.45, 2.75) is 38.6 Å². The Bertz CT molecular complexity index is 462. The topological polar surface area (TPSA) is 66.6 Å². The van der Waals surface area contributed by atoms with Crippen molar-refractivity contribution < 1.29 is 10.0 Å². The summed E-state index contributed by atoms with van der Waals surface area (Å²) in [4.78, 5) is 12.8. The van der Waals surface area contributed by atoms with Crippen LogP contribution in [0.15, 0.2) is 18.2 Å². The third-order valence-corrected chi connectivity index (χ3v) is 3.79. The van der Waals surface area contributed by atoms with Gasteiger partial charge in [0.1, 0.15) is 0 Å². The summed E-state index contributed by atoms with van der Waals surface area (Å²) in [6, 6.07) is 5.44. The van der Waals surface area contributed by atoms with Crippen molar-refractivity contribution in [1.82, 2.24) is 0 Å². The van der Waals surface area contributed by atoms with Crippen molar-refractivity contribution in [1.29, 1.82) is 0 Å². The molecule has 1 fully saturated rings. The molecule has 0 saturated carbocycles. The van der Waals surface area contributed by atoms with E-state index in [0.717, 1.165) is 43.5 Å². The number of aliphatic hydroxyl groups excluding tert-OH is 1. The molecule has 1 aliphatic heterocycles. The molecule has 0 bridgehead atoms. The number of non-ortho nitro benzene ring substituents is 1. The summed E-state index contributed by atoms with van der Waals surface area (Å²) in [7, 11) is 0. The molecule has 2 rings (SSSR count). The van der Waals surface area contributed by atoms with Gasteiger partial charge in [-0.25, -0.2) is 0 Å². The average molecular weight is 264 g/mol. The quantitative estimate of drug-likeness (QED) is 0.656. The maximum Gasteiger partial charge on any atom is 0.271 e. The molecular formula is C14H20N2O3. The van der Waals surface area contributed by atoms with Crippen molar-refractivity contribution in [2.75, 3.05) is 18.1 Å². The lowest BCUT2D eigenvalue weighted by Gasteiger charge is -2.28. The van der Waals surface area contributed by atoms with Crippen LogP contribution in [0, 0.1) is 17.0 Å². The van der Waals surface area contributed by atoms with Crippen LogP contribution in [-0.2, 0) is 0 Å². The molecule has 1 aromatic carbocycles. The van der Waals surface area contributed by atoms with Gasteiger partial charge in [-0.3, -0.25) is 10.1 Å². The maximum atomic E-state index is 10.9. The van der Waals surface area contributed by atoms with Crippen molar-refractivity contribution in [3.05, 3.63) is 33.9 Å². The van der Waals surface area contributed by atoms with Crippen molar-refractivity contribution in [2.24, 2.45) is 0 Å². The minimum absolute atomic E-state index is 0.147. The fourth-order valence-electron chi connectivity index (χ4n) is 2.80. The van der Waals surface area contributed by atoms with Crippen molar-refractivity contribution in [3.8, 4) is 0 Å². The Morgan fingerprint density at radius 3 is 3.00 bits per heavy atom. The van der Waals surface area contributed by atoms with Crippen LogP contribution in [0.4, 0.5) is 11.4 Å². The molecule has 5 nitrogen and oxygen atoms in total. The lowest BCUT2D eigenvalue weighted by atomic mass is 10.1. The van der Waals surface area contributed by atoms with Gasteiger partial charge in [-0.2, -0.15) is 0 Å². The fraction of sp³-hybridized carbons (Fsp3) is 0.571. The lowest BCUT2D eigenvalue weighted by Crippen LogP contribution is -2.30. The fourth-order valence-corrected chi connectivity index (χ4v) is 2.80. The van der Waals surface area contributed by atoms with E-state index in [2.05, 4.69) is 4.90 Å². The first kappa shape index (κ1) is 13.8. The van der Waals surface area contributed by atoms with Gasteiger partial charge in [-0.1, -0.05) is 6.07 Å². The summed E-state index contributed by atoms with van der Waals surface area (Å²) in [5.41, 5.74) is 2.18. The monoisotopic (exact) mass is 264 g/mol. The van der Waals surface area contributed by atoms with Gasteiger partial charge < -0.3 is 10.0 Å². The van der Waals surface area contributed by atoms with E-state index in [9.17, 15) is 10.1 Å². The predicted octanol–water partition coefficient (Wildman–Crippen LogP) is 2.64. The predicted molar refractivity (Wildman–Crippen MR) is 74.5 cm³/mol. The number of aryl methyl sites for hydroxylation is 1. The Kier molecular flexibility index (Phi) is 4.37. The Hall–Kier alpha value is -1.62. The third-order valence-electron chi connectivity index (χ3n) is 3.79. The summed E-state index contributed by atoms with van der Waals surface area (Å²) in [6.45, 7) is 3.14. The van der Waals surface area contributed by atoms with Gasteiger partial charge in [0.2, 0.25) is 0 Å². The zero-order valence-electron chi connectivity index (χ0n) is 11.2. The van der Waals surface area contributed by atoms with Gasteiger partial charge in [0, 0.05) is 37.0 Å². The summed E-state index contributed by atoms with van der Waals surface area (Å²) in [5, 5.41) is 19.8. The van der Waals surface area contributed by atoms with E-state index in [1.807, 2.05) is 13.0 Å². The van der Waals surface area contributed by atoms with E-state index >= 15 is 0 Å². The molecule has 5 heteroatoms. The standard InChI is InChI=1S/C14H20N2O3/c1-11-6-7-13(16(18)19)10-14(11)15-8-2-4-12(15)5-3-9-17/h6-7,10,12,17H,2-5,8-9H2,1H3. The normalized spacial score (nSPS) is 18.8. The lowest BCUT2D eigenvalue weighted by molar-refractivity contribution is -0.384. The third kappa shape index (κ3) is 3.04.